The Morgan fingerprint density at radius 1 is 1.42 bits per heavy atom. The van der Waals surface area contributed by atoms with Crippen molar-refractivity contribution in [2.75, 3.05) is 7.11 Å². The highest BCUT2D eigenvalue weighted by Gasteiger charge is 2.44. The van der Waals surface area contributed by atoms with Crippen LogP contribution in [0.1, 0.15) is 12.8 Å². The van der Waals surface area contributed by atoms with Gasteiger partial charge in [-0.3, -0.25) is 13.2 Å². The van der Waals surface area contributed by atoms with E-state index in [4.69, 9.17) is 8.37 Å². The van der Waals surface area contributed by atoms with Crippen molar-refractivity contribution in [3.63, 3.8) is 0 Å². The normalized spacial score (nSPS) is 39.6. The third-order valence-corrected chi connectivity index (χ3v) is 2.96. The van der Waals surface area contributed by atoms with Crippen molar-refractivity contribution in [3.8, 4) is 0 Å². The molecule has 1 aliphatic carbocycles. The molecule has 2 aliphatic rings. The predicted molar refractivity (Wildman–Crippen MR) is 42.1 cm³/mol. The van der Waals surface area contributed by atoms with Crippen molar-refractivity contribution in [1.82, 2.24) is 0 Å². The fourth-order valence-electron chi connectivity index (χ4n) is 1.65. The van der Waals surface area contributed by atoms with Gasteiger partial charge in [0.15, 0.2) is 12.3 Å². The van der Waals surface area contributed by atoms with Crippen LogP contribution >= 0.6 is 12.3 Å². The minimum Gasteiger partial charge on any atom is -0.469 e. The van der Waals surface area contributed by atoms with Crippen molar-refractivity contribution in [2.45, 2.75) is 25.0 Å². The molecular formula is C7H10O4S. The van der Waals surface area contributed by atoms with Gasteiger partial charge in [0.05, 0.1) is 13.0 Å². The molecule has 0 aromatic heterocycles. The second-order valence-electron chi connectivity index (χ2n) is 3.03. The van der Waals surface area contributed by atoms with Crippen molar-refractivity contribution in [3.05, 3.63) is 0 Å². The molecule has 0 spiro atoms. The largest absolute Gasteiger partial charge is 0.469 e. The number of methoxy groups -OCH3 is 1. The van der Waals surface area contributed by atoms with E-state index >= 15 is 0 Å². The molecule has 0 N–H and O–H groups in total. The number of fused-ring (bicyclic) bond motifs is 1. The third kappa shape index (κ3) is 1.32. The van der Waals surface area contributed by atoms with Gasteiger partial charge in [0.2, 0.25) is 0 Å². The molecule has 1 unspecified atom stereocenters. The summed E-state index contributed by atoms with van der Waals surface area (Å²) < 4.78 is 15.0. The number of ether oxygens (including phenoxy) is 1. The van der Waals surface area contributed by atoms with Gasteiger partial charge in [0.25, 0.3) is 0 Å². The average molecular weight is 190 g/mol. The zero-order valence-corrected chi connectivity index (χ0v) is 7.50. The van der Waals surface area contributed by atoms with Crippen LogP contribution in [0.5, 0.6) is 0 Å². The lowest BCUT2D eigenvalue weighted by atomic mass is 10.1. The highest BCUT2D eigenvalue weighted by molar-refractivity contribution is 7.90. The molecule has 0 radical (unpaired) electrons. The van der Waals surface area contributed by atoms with Gasteiger partial charge in [0, 0.05) is 0 Å². The highest BCUT2D eigenvalue weighted by Crippen LogP contribution is 2.40. The summed E-state index contributed by atoms with van der Waals surface area (Å²) in [5.41, 5.74) is 0. The van der Waals surface area contributed by atoms with Crippen LogP contribution in [0.25, 0.3) is 0 Å². The molecule has 0 aromatic rings. The Bertz CT molecular complexity index is 184. The molecule has 3 atom stereocenters. The van der Waals surface area contributed by atoms with E-state index < -0.39 is 0 Å². The van der Waals surface area contributed by atoms with Gasteiger partial charge >= 0.3 is 5.97 Å². The van der Waals surface area contributed by atoms with Crippen LogP contribution < -0.4 is 0 Å². The standard InChI is InChI=1S/C7H10O4S/c1-9-7(8)4-2-5-6(3-4)11-12-10-5/h4-6H,2-3H2,1H3/t4?,5-,6+. The molecule has 5 heteroatoms. The maximum absolute atomic E-state index is 11.1. The second kappa shape index (κ2) is 3.24. The Morgan fingerprint density at radius 2 is 2.00 bits per heavy atom. The van der Waals surface area contributed by atoms with Gasteiger partial charge in [0.1, 0.15) is 12.2 Å². The van der Waals surface area contributed by atoms with Crippen LogP contribution in [-0.2, 0) is 17.9 Å². The predicted octanol–water partition coefficient (Wildman–Crippen LogP) is 0.917. The lowest BCUT2D eigenvalue weighted by molar-refractivity contribution is -0.145. The fraction of sp³-hybridized carbons (Fsp3) is 0.857. The van der Waals surface area contributed by atoms with Crippen LogP contribution in [0.2, 0.25) is 0 Å². The average Bonchev–Trinajstić information content (AvgIpc) is 2.60. The van der Waals surface area contributed by atoms with Gasteiger partial charge in [-0.2, -0.15) is 0 Å². The third-order valence-electron chi connectivity index (χ3n) is 2.31. The van der Waals surface area contributed by atoms with E-state index in [1.165, 1.54) is 7.11 Å². The number of esters is 1. The number of carbonyl (C=O) groups is 1. The SMILES string of the molecule is COC(=O)C1C[C@@H]2OSO[C@@H]2C1. The number of hydrogen-bond acceptors (Lipinski definition) is 5. The maximum Gasteiger partial charge on any atom is 0.308 e. The maximum atomic E-state index is 11.1. The molecule has 12 heavy (non-hydrogen) atoms. The molecule has 0 aromatic carbocycles. The Kier molecular flexibility index (Phi) is 2.25. The zero-order valence-electron chi connectivity index (χ0n) is 6.69. The lowest BCUT2D eigenvalue weighted by Gasteiger charge is -2.06. The minimum atomic E-state index is -0.151. The quantitative estimate of drug-likeness (QED) is 0.454. The van der Waals surface area contributed by atoms with Gasteiger partial charge in [-0.1, -0.05) is 0 Å². The summed E-state index contributed by atoms with van der Waals surface area (Å²) in [6, 6.07) is 0. The fourth-order valence-corrected chi connectivity index (χ4v) is 2.30. The summed E-state index contributed by atoms with van der Waals surface area (Å²) in [5, 5.41) is 0. The van der Waals surface area contributed by atoms with Gasteiger partial charge in [-0.25, -0.2) is 0 Å². The van der Waals surface area contributed by atoms with E-state index in [2.05, 4.69) is 4.74 Å². The van der Waals surface area contributed by atoms with Gasteiger partial charge < -0.3 is 4.74 Å². The Labute approximate surface area is 75.0 Å². The van der Waals surface area contributed by atoms with Crippen LogP contribution in [-0.4, -0.2) is 25.3 Å². The first kappa shape index (κ1) is 8.34. The van der Waals surface area contributed by atoms with E-state index in [0.29, 0.717) is 0 Å². The molecule has 1 saturated heterocycles. The van der Waals surface area contributed by atoms with E-state index in [-0.39, 0.29) is 24.1 Å². The van der Waals surface area contributed by atoms with Crippen molar-refractivity contribution in [2.24, 2.45) is 5.92 Å². The first-order valence-corrected chi connectivity index (χ1v) is 4.54. The first-order valence-electron chi connectivity index (χ1n) is 3.88. The molecule has 1 aliphatic heterocycles. The van der Waals surface area contributed by atoms with Crippen molar-refractivity contribution < 1.29 is 17.9 Å². The molecule has 68 valence electrons. The smallest absolute Gasteiger partial charge is 0.308 e. The van der Waals surface area contributed by atoms with Crippen LogP contribution in [0.4, 0.5) is 0 Å². The van der Waals surface area contributed by atoms with Crippen molar-refractivity contribution >= 4 is 18.3 Å². The summed E-state index contributed by atoms with van der Waals surface area (Å²) in [6.07, 6.45) is 1.62. The van der Waals surface area contributed by atoms with Gasteiger partial charge in [-0.05, 0) is 12.8 Å². The number of rotatable bonds is 1. The Balaban J connectivity index is 1.94. The number of hydrogen-bond donors (Lipinski definition) is 0. The summed E-state index contributed by atoms with van der Waals surface area (Å²) in [7, 11) is 1.41. The highest BCUT2D eigenvalue weighted by atomic mass is 32.2. The minimum absolute atomic E-state index is 0.0362. The van der Waals surface area contributed by atoms with Crippen LogP contribution in [0.15, 0.2) is 0 Å². The monoisotopic (exact) mass is 190 g/mol. The zero-order chi connectivity index (χ0) is 8.55. The summed E-state index contributed by atoms with van der Waals surface area (Å²) in [5.74, 6) is -0.188. The van der Waals surface area contributed by atoms with Crippen LogP contribution in [0.3, 0.4) is 0 Å². The summed E-state index contributed by atoms with van der Waals surface area (Å²) in [6.45, 7) is 0. The van der Waals surface area contributed by atoms with E-state index in [0.717, 1.165) is 25.2 Å². The number of carbonyl (C=O) groups excluding carboxylic acids is 1. The van der Waals surface area contributed by atoms with Gasteiger partial charge in [-0.15, -0.1) is 0 Å². The van der Waals surface area contributed by atoms with Crippen LogP contribution in [0, 0.1) is 5.92 Å². The summed E-state index contributed by atoms with van der Waals surface area (Å²) >= 11 is 1.04. The van der Waals surface area contributed by atoms with E-state index in [1.54, 1.807) is 0 Å². The molecular weight excluding hydrogens is 180 g/mol. The second-order valence-corrected chi connectivity index (χ2v) is 3.55. The molecule has 1 saturated carbocycles. The Hall–Kier alpha value is -0.260. The molecule has 0 amide bonds. The van der Waals surface area contributed by atoms with E-state index in [1.807, 2.05) is 0 Å². The first-order chi connectivity index (χ1) is 5.81. The van der Waals surface area contributed by atoms with Crippen molar-refractivity contribution in [1.29, 1.82) is 0 Å². The molecule has 2 fully saturated rings. The molecule has 0 bridgehead atoms. The van der Waals surface area contributed by atoms with E-state index in [9.17, 15) is 4.79 Å². The Morgan fingerprint density at radius 3 is 2.50 bits per heavy atom. The topological polar surface area (TPSA) is 44.8 Å². The summed E-state index contributed by atoms with van der Waals surface area (Å²) in [4.78, 5) is 11.1. The lowest BCUT2D eigenvalue weighted by Crippen LogP contribution is -2.14. The molecule has 1 heterocycles. The molecule has 2 rings (SSSR count). The molecule has 4 nitrogen and oxygen atoms in total.